The molecule has 1 heterocycles. The molecule has 130 valence electrons. The first kappa shape index (κ1) is 15.8. The van der Waals surface area contributed by atoms with Crippen molar-refractivity contribution in [3.63, 3.8) is 0 Å². The van der Waals surface area contributed by atoms with E-state index in [-0.39, 0.29) is 24.0 Å². The number of hydrogen-bond acceptors (Lipinski definition) is 5. The van der Waals surface area contributed by atoms with Crippen LogP contribution in [0, 0.1) is 0 Å². The lowest BCUT2D eigenvalue weighted by atomic mass is 10.0. The molecule has 2 aromatic rings. The minimum atomic E-state index is -0.366. The standard InChI is InChI=1S/C20H21NO4/c1-24-19(22)15-7-3-13(4-8-15)17-11-12-18(21-17)14-5-9-16(10-6-14)20(23)25-2/h3-10,17-18,21H,11-12H2,1-2H3/i/hD. The third-order valence-electron chi connectivity index (χ3n) is 4.51. The first-order valence-electron chi connectivity index (χ1n) is 8.63. The highest BCUT2D eigenvalue weighted by molar-refractivity contribution is 5.89. The average molecular weight is 340 g/mol. The number of hydrogen-bond donors (Lipinski definition) is 1. The molecule has 0 aliphatic carbocycles. The molecule has 1 N–H and O–H groups in total. The van der Waals surface area contributed by atoms with Gasteiger partial charge in [0.1, 0.15) is 1.41 Å². The van der Waals surface area contributed by atoms with Crippen molar-refractivity contribution in [2.24, 2.45) is 0 Å². The van der Waals surface area contributed by atoms with Crippen LogP contribution < -0.4 is 5.31 Å². The molecule has 25 heavy (non-hydrogen) atoms. The van der Waals surface area contributed by atoms with Crippen molar-refractivity contribution in [1.82, 2.24) is 5.31 Å². The van der Waals surface area contributed by atoms with Crippen molar-refractivity contribution in [1.29, 1.82) is 0 Å². The summed E-state index contributed by atoms with van der Waals surface area (Å²) in [7, 11) is 2.71. The van der Waals surface area contributed by atoms with Crippen molar-refractivity contribution < 1.29 is 20.5 Å². The van der Waals surface area contributed by atoms with Crippen LogP contribution in [0.25, 0.3) is 0 Å². The second kappa shape index (κ2) is 7.49. The number of carbonyl (C=O) groups excluding carboxylic acids is 2. The smallest absolute Gasteiger partial charge is 0.337 e. The third-order valence-corrected chi connectivity index (χ3v) is 4.51. The van der Waals surface area contributed by atoms with Gasteiger partial charge in [-0.25, -0.2) is 9.59 Å². The molecule has 2 aromatic carbocycles. The van der Waals surface area contributed by atoms with Crippen LogP contribution in [-0.2, 0) is 9.47 Å². The maximum atomic E-state index is 11.5. The Labute approximate surface area is 148 Å². The van der Waals surface area contributed by atoms with E-state index in [1.165, 1.54) is 14.2 Å². The van der Waals surface area contributed by atoms with Gasteiger partial charge in [0, 0.05) is 12.1 Å². The maximum absolute atomic E-state index is 11.5. The molecule has 0 spiro atoms. The van der Waals surface area contributed by atoms with Crippen molar-refractivity contribution >= 4 is 11.9 Å². The molecule has 1 fully saturated rings. The van der Waals surface area contributed by atoms with Crippen LogP contribution >= 0.6 is 0 Å². The highest BCUT2D eigenvalue weighted by Crippen LogP contribution is 2.34. The van der Waals surface area contributed by atoms with Gasteiger partial charge in [0.25, 0.3) is 0 Å². The van der Waals surface area contributed by atoms with Gasteiger partial charge in [-0.05, 0) is 48.2 Å². The summed E-state index contributed by atoms with van der Waals surface area (Å²) in [6.45, 7) is 0. The first-order chi connectivity index (χ1) is 12.5. The Hall–Kier alpha value is -2.66. The van der Waals surface area contributed by atoms with Crippen LogP contribution in [0.1, 0.15) is 56.8 Å². The molecule has 5 nitrogen and oxygen atoms in total. The molecule has 0 bridgehead atoms. The first-order valence-corrected chi connectivity index (χ1v) is 8.19. The van der Waals surface area contributed by atoms with Crippen LogP contribution in [0.5, 0.6) is 0 Å². The van der Waals surface area contributed by atoms with E-state index in [1.54, 1.807) is 29.6 Å². The fourth-order valence-electron chi connectivity index (χ4n) is 3.11. The molecule has 2 atom stereocenters. The average Bonchev–Trinajstić information content (AvgIpc) is 3.08. The number of benzene rings is 2. The Bertz CT molecular complexity index is 721. The Morgan fingerprint density at radius 2 is 1.20 bits per heavy atom. The summed E-state index contributed by atoms with van der Waals surface area (Å²) in [5, 5.41) is 1.60. The molecule has 1 aliphatic rings. The van der Waals surface area contributed by atoms with Crippen molar-refractivity contribution in [3.8, 4) is 0 Å². The van der Waals surface area contributed by atoms with Gasteiger partial charge in [-0.2, -0.15) is 0 Å². The summed E-state index contributed by atoms with van der Waals surface area (Å²) >= 11 is 0. The van der Waals surface area contributed by atoms with Gasteiger partial charge in [-0.1, -0.05) is 24.3 Å². The molecule has 0 radical (unpaired) electrons. The minimum Gasteiger partial charge on any atom is -0.465 e. The zero-order chi connectivity index (χ0) is 18.7. The molecule has 1 saturated heterocycles. The van der Waals surface area contributed by atoms with Gasteiger partial charge in [0.05, 0.1) is 25.3 Å². The van der Waals surface area contributed by atoms with Crippen LogP contribution in [0.4, 0.5) is 0 Å². The normalized spacial score (nSPS) is 20.8. The summed E-state index contributed by atoms with van der Waals surface area (Å²) in [6.07, 6.45) is 1.70. The van der Waals surface area contributed by atoms with Crippen LogP contribution in [-0.4, -0.2) is 26.2 Å². The second-order valence-electron chi connectivity index (χ2n) is 5.99. The maximum Gasteiger partial charge on any atom is 0.337 e. The predicted molar refractivity (Wildman–Crippen MR) is 93.4 cm³/mol. The van der Waals surface area contributed by atoms with Crippen molar-refractivity contribution in [2.45, 2.75) is 24.9 Å². The van der Waals surface area contributed by atoms with E-state index in [2.05, 4.69) is 0 Å². The molecule has 1 aliphatic heterocycles. The Kier molecular flexibility index (Phi) is 4.74. The predicted octanol–water partition coefficient (Wildman–Crippen LogP) is 3.43. The number of carbonyl (C=O) groups is 2. The number of ether oxygens (including phenoxy) is 2. The molecule has 0 amide bonds. The van der Waals surface area contributed by atoms with E-state index in [9.17, 15) is 9.59 Å². The lowest BCUT2D eigenvalue weighted by molar-refractivity contribution is 0.0592. The van der Waals surface area contributed by atoms with E-state index in [1.807, 2.05) is 24.3 Å². The van der Waals surface area contributed by atoms with Gasteiger partial charge < -0.3 is 14.8 Å². The fraction of sp³-hybridized carbons (Fsp3) is 0.300. The molecule has 0 saturated carbocycles. The monoisotopic (exact) mass is 340 g/mol. The van der Waals surface area contributed by atoms with Gasteiger partial charge >= 0.3 is 11.9 Å². The number of methoxy groups -OCH3 is 2. The summed E-state index contributed by atoms with van der Waals surface area (Å²) in [6, 6.07) is 14.4. The van der Waals surface area contributed by atoms with Gasteiger partial charge in [-0.3, -0.25) is 0 Å². The zero-order valence-corrected chi connectivity index (χ0v) is 14.3. The molecule has 5 heteroatoms. The highest BCUT2D eigenvalue weighted by atomic mass is 16.5. The molecule has 3 rings (SSSR count). The number of rotatable bonds is 4. The van der Waals surface area contributed by atoms with Gasteiger partial charge in [0.15, 0.2) is 0 Å². The fourth-order valence-corrected chi connectivity index (χ4v) is 3.11. The summed E-state index contributed by atoms with van der Waals surface area (Å²) in [4.78, 5) is 23.1. The van der Waals surface area contributed by atoms with E-state index in [4.69, 9.17) is 10.9 Å². The van der Waals surface area contributed by atoms with E-state index < -0.39 is 0 Å². The molecular formula is C20H21NO4. The molecule has 2 unspecified atom stereocenters. The summed E-state index contributed by atoms with van der Waals surface area (Å²) in [5.74, 6) is -0.733. The summed E-state index contributed by atoms with van der Waals surface area (Å²) < 4.78 is 17.9. The van der Waals surface area contributed by atoms with Crippen LogP contribution in [0.15, 0.2) is 48.5 Å². The lowest BCUT2D eigenvalue weighted by Crippen LogP contribution is -2.17. The Morgan fingerprint density at radius 3 is 1.52 bits per heavy atom. The van der Waals surface area contributed by atoms with E-state index >= 15 is 0 Å². The van der Waals surface area contributed by atoms with Gasteiger partial charge in [-0.15, -0.1) is 0 Å². The number of esters is 2. The SMILES string of the molecule is [2H]N1C(c2ccc(C(=O)OC)cc2)CCC1c1ccc(C(=O)OC)cc1. The number of nitrogens with one attached hydrogen (secondary N) is 1. The lowest BCUT2D eigenvalue weighted by Gasteiger charge is -2.15. The highest BCUT2D eigenvalue weighted by Gasteiger charge is 2.26. The van der Waals surface area contributed by atoms with Crippen molar-refractivity contribution in [3.05, 3.63) is 70.8 Å². The van der Waals surface area contributed by atoms with Gasteiger partial charge in [0.2, 0.25) is 0 Å². The largest absolute Gasteiger partial charge is 0.465 e. The van der Waals surface area contributed by atoms with Crippen molar-refractivity contribution in [2.75, 3.05) is 14.2 Å². The molecular weight excluding hydrogens is 318 g/mol. The Morgan fingerprint density at radius 1 is 0.840 bits per heavy atom. The van der Waals surface area contributed by atoms with E-state index in [0.29, 0.717) is 11.1 Å². The third kappa shape index (κ3) is 3.72. The minimum absolute atomic E-state index is 0.0352. The van der Waals surface area contributed by atoms with Crippen LogP contribution in [0.3, 0.4) is 0 Å². The molecule has 0 aromatic heterocycles. The Balaban J connectivity index is 1.74. The van der Waals surface area contributed by atoms with E-state index in [0.717, 1.165) is 24.0 Å². The zero-order valence-electron chi connectivity index (χ0n) is 15.3. The second-order valence-corrected chi connectivity index (χ2v) is 5.99. The summed E-state index contributed by atoms with van der Waals surface area (Å²) in [5.41, 5.74) is 3.00. The quantitative estimate of drug-likeness (QED) is 0.864. The van der Waals surface area contributed by atoms with Crippen LogP contribution in [0.2, 0.25) is 1.41 Å². The topological polar surface area (TPSA) is 64.6 Å².